The first-order valence-corrected chi connectivity index (χ1v) is 8.78. The smallest absolute Gasteiger partial charge is 0.321 e. The number of piperidine rings is 1. The summed E-state index contributed by atoms with van der Waals surface area (Å²) in [6, 6.07) is 12.2. The van der Waals surface area contributed by atoms with Crippen molar-refractivity contribution in [1.82, 2.24) is 9.88 Å². The van der Waals surface area contributed by atoms with Gasteiger partial charge in [0.1, 0.15) is 5.69 Å². The second-order valence-corrected chi connectivity index (χ2v) is 6.43. The lowest BCUT2D eigenvalue weighted by atomic mass is 10.0. The minimum atomic E-state index is -0.278. The van der Waals surface area contributed by atoms with Crippen LogP contribution >= 0.6 is 0 Å². The molecule has 26 heavy (non-hydrogen) atoms. The van der Waals surface area contributed by atoms with E-state index in [-0.39, 0.29) is 18.0 Å². The molecule has 0 radical (unpaired) electrons. The highest BCUT2D eigenvalue weighted by Gasteiger charge is 2.36. The normalized spacial score (nSPS) is 19.8. The van der Waals surface area contributed by atoms with Crippen LogP contribution in [0, 0.1) is 0 Å². The number of hydrogen-bond donors (Lipinski definition) is 1. The molecule has 1 atom stereocenters. The molecule has 1 aromatic carbocycles. The number of nitrogens with one attached hydrogen (secondary N) is 1. The number of hydroxylamine groups is 1. The molecule has 3 heterocycles. The fourth-order valence-corrected chi connectivity index (χ4v) is 3.32. The summed E-state index contributed by atoms with van der Waals surface area (Å²) in [5, 5.41) is 4.13. The zero-order chi connectivity index (χ0) is 17.9. The summed E-state index contributed by atoms with van der Waals surface area (Å²) >= 11 is 0. The van der Waals surface area contributed by atoms with Crippen molar-refractivity contribution >= 4 is 23.3 Å². The van der Waals surface area contributed by atoms with Gasteiger partial charge >= 0.3 is 6.03 Å². The van der Waals surface area contributed by atoms with Gasteiger partial charge in [-0.2, -0.15) is 5.06 Å². The number of rotatable bonds is 3. The standard InChI is InChI=1S/C19H20N4O3/c24-18(17-6-1-3-11-20-17)21-14-7-9-15(10-8-14)23-19(25)22-12-4-2-5-16(22)13-26-23/h1,3,6-11,16H,2,4-5,12-13H2,(H,21,24). The van der Waals surface area contributed by atoms with E-state index in [0.29, 0.717) is 23.7 Å². The maximum Gasteiger partial charge on any atom is 0.349 e. The van der Waals surface area contributed by atoms with Gasteiger partial charge < -0.3 is 10.2 Å². The number of benzene rings is 1. The Hall–Kier alpha value is -2.93. The summed E-state index contributed by atoms with van der Waals surface area (Å²) in [6.07, 6.45) is 4.75. The molecular weight excluding hydrogens is 332 g/mol. The number of carbonyl (C=O) groups excluding carboxylic acids is 2. The van der Waals surface area contributed by atoms with Gasteiger partial charge in [-0.3, -0.25) is 14.6 Å². The molecule has 1 aromatic heterocycles. The third-order valence-corrected chi connectivity index (χ3v) is 4.70. The lowest BCUT2D eigenvalue weighted by molar-refractivity contribution is 0.00536. The molecular formula is C19H20N4O3. The second kappa shape index (κ2) is 7.13. The second-order valence-electron chi connectivity index (χ2n) is 6.43. The first kappa shape index (κ1) is 16.5. The Morgan fingerprint density at radius 1 is 1.15 bits per heavy atom. The molecule has 134 valence electrons. The van der Waals surface area contributed by atoms with E-state index in [0.717, 1.165) is 25.8 Å². The summed E-state index contributed by atoms with van der Waals surface area (Å²) in [5.74, 6) is -0.278. The van der Waals surface area contributed by atoms with E-state index in [4.69, 9.17) is 4.84 Å². The van der Waals surface area contributed by atoms with Gasteiger partial charge in [-0.05, 0) is 55.7 Å². The largest absolute Gasteiger partial charge is 0.349 e. The molecule has 0 aliphatic carbocycles. The molecule has 0 bridgehead atoms. The Balaban J connectivity index is 1.44. The van der Waals surface area contributed by atoms with Crippen molar-refractivity contribution in [3.05, 3.63) is 54.4 Å². The van der Waals surface area contributed by atoms with Crippen LogP contribution in [-0.2, 0) is 4.84 Å². The van der Waals surface area contributed by atoms with Crippen LogP contribution in [0.3, 0.4) is 0 Å². The first-order chi connectivity index (χ1) is 12.7. The van der Waals surface area contributed by atoms with Crippen LogP contribution in [-0.4, -0.2) is 41.0 Å². The molecule has 1 unspecified atom stereocenters. The van der Waals surface area contributed by atoms with E-state index in [1.54, 1.807) is 48.7 Å². The zero-order valence-corrected chi connectivity index (χ0v) is 14.3. The lowest BCUT2D eigenvalue weighted by Crippen LogP contribution is -2.57. The topological polar surface area (TPSA) is 74.8 Å². The van der Waals surface area contributed by atoms with Crippen LogP contribution < -0.4 is 10.4 Å². The zero-order valence-electron chi connectivity index (χ0n) is 14.3. The van der Waals surface area contributed by atoms with E-state index in [9.17, 15) is 9.59 Å². The molecule has 0 spiro atoms. The maximum absolute atomic E-state index is 12.7. The van der Waals surface area contributed by atoms with E-state index in [1.807, 2.05) is 4.90 Å². The monoisotopic (exact) mass is 352 g/mol. The number of aromatic nitrogens is 1. The number of nitrogens with zero attached hydrogens (tertiary/aromatic N) is 3. The number of amides is 3. The highest BCUT2D eigenvalue weighted by molar-refractivity contribution is 6.03. The van der Waals surface area contributed by atoms with Gasteiger partial charge in [-0.25, -0.2) is 4.79 Å². The third kappa shape index (κ3) is 3.25. The average molecular weight is 352 g/mol. The van der Waals surface area contributed by atoms with Crippen LogP contribution in [0.25, 0.3) is 0 Å². The number of hydrogen-bond acceptors (Lipinski definition) is 4. The number of fused-ring (bicyclic) bond motifs is 1. The van der Waals surface area contributed by atoms with Crippen LogP contribution in [0.2, 0.25) is 0 Å². The maximum atomic E-state index is 12.7. The van der Waals surface area contributed by atoms with Gasteiger partial charge in [-0.15, -0.1) is 0 Å². The molecule has 2 fully saturated rings. The van der Waals surface area contributed by atoms with Gasteiger partial charge in [0.05, 0.1) is 18.3 Å². The molecule has 2 aliphatic heterocycles. The third-order valence-electron chi connectivity index (χ3n) is 4.70. The number of anilines is 2. The fraction of sp³-hybridized carbons (Fsp3) is 0.316. The van der Waals surface area contributed by atoms with Gasteiger partial charge in [0.2, 0.25) is 0 Å². The Bertz CT molecular complexity index is 794. The van der Waals surface area contributed by atoms with Gasteiger partial charge in [0, 0.05) is 18.4 Å². The van der Waals surface area contributed by atoms with E-state index >= 15 is 0 Å². The predicted octanol–water partition coefficient (Wildman–Crippen LogP) is 3.06. The first-order valence-electron chi connectivity index (χ1n) is 8.78. The van der Waals surface area contributed by atoms with E-state index in [1.165, 1.54) is 5.06 Å². The summed E-state index contributed by atoms with van der Waals surface area (Å²) in [6.45, 7) is 1.30. The summed E-state index contributed by atoms with van der Waals surface area (Å²) in [5.41, 5.74) is 1.63. The van der Waals surface area contributed by atoms with Crippen molar-refractivity contribution in [2.24, 2.45) is 0 Å². The van der Waals surface area contributed by atoms with Gasteiger partial charge in [0.15, 0.2) is 0 Å². The Kier molecular flexibility index (Phi) is 4.53. The Morgan fingerprint density at radius 2 is 2.00 bits per heavy atom. The number of urea groups is 1. The minimum Gasteiger partial charge on any atom is -0.321 e. The molecule has 2 saturated heterocycles. The molecule has 7 heteroatoms. The van der Waals surface area contributed by atoms with Crippen LogP contribution in [0.1, 0.15) is 29.8 Å². The predicted molar refractivity (Wildman–Crippen MR) is 96.8 cm³/mol. The number of carbonyl (C=O) groups is 2. The van der Waals surface area contributed by atoms with Crippen LogP contribution in [0.4, 0.5) is 16.2 Å². The highest BCUT2D eigenvalue weighted by atomic mass is 16.7. The van der Waals surface area contributed by atoms with Crippen molar-refractivity contribution in [3.8, 4) is 0 Å². The highest BCUT2D eigenvalue weighted by Crippen LogP contribution is 2.28. The van der Waals surface area contributed by atoms with Crippen molar-refractivity contribution in [2.75, 3.05) is 23.5 Å². The van der Waals surface area contributed by atoms with E-state index < -0.39 is 0 Å². The van der Waals surface area contributed by atoms with Crippen LogP contribution in [0.15, 0.2) is 48.7 Å². The van der Waals surface area contributed by atoms with Crippen molar-refractivity contribution in [2.45, 2.75) is 25.3 Å². The Morgan fingerprint density at radius 3 is 2.77 bits per heavy atom. The summed E-state index contributed by atoms with van der Waals surface area (Å²) in [4.78, 5) is 36.4. The molecule has 2 aromatic rings. The minimum absolute atomic E-state index is 0.119. The SMILES string of the molecule is O=C(Nc1ccc(N2OCC3CCCCN3C2=O)cc1)c1ccccn1. The van der Waals surface area contributed by atoms with Crippen LogP contribution in [0.5, 0.6) is 0 Å². The van der Waals surface area contributed by atoms with Crippen molar-refractivity contribution in [1.29, 1.82) is 0 Å². The molecule has 1 N–H and O–H groups in total. The molecule has 7 nitrogen and oxygen atoms in total. The molecule has 4 rings (SSSR count). The fourth-order valence-electron chi connectivity index (χ4n) is 3.32. The molecule has 0 saturated carbocycles. The van der Waals surface area contributed by atoms with Gasteiger partial charge in [-0.1, -0.05) is 6.07 Å². The van der Waals surface area contributed by atoms with Crippen molar-refractivity contribution < 1.29 is 14.4 Å². The molecule has 2 aliphatic rings. The average Bonchev–Trinajstić information content (AvgIpc) is 2.70. The quantitative estimate of drug-likeness (QED) is 0.921. The summed E-state index contributed by atoms with van der Waals surface area (Å²) in [7, 11) is 0. The van der Waals surface area contributed by atoms with Gasteiger partial charge in [0.25, 0.3) is 5.91 Å². The summed E-state index contributed by atoms with van der Waals surface area (Å²) < 4.78 is 0. The number of pyridine rings is 1. The van der Waals surface area contributed by atoms with E-state index in [2.05, 4.69) is 10.3 Å². The molecule has 3 amide bonds. The Labute approximate surface area is 151 Å². The lowest BCUT2D eigenvalue weighted by Gasteiger charge is -2.43. The van der Waals surface area contributed by atoms with Crippen molar-refractivity contribution in [3.63, 3.8) is 0 Å².